The van der Waals surface area contributed by atoms with Gasteiger partial charge in [-0.3, -0.25) is 10.00 Å². The van der Waals surface area contributed by atoms with Gasteiger partial charge in [-0.1, -0.05) is 0 Å². The van der Waals surface area contributed by atoms with Crippen molar-refractivity contribution in [2.75, 3.05) is 18.9 Å². The summed E-state index contributed by atoms with van der Waals surface area (Å²) in [6.45, 7) is 0.918. The summed E-state index contributed by atoms with van der Waals surface area (Å²) in [7, 11) is 2.82. The van der Waals surface area contributed by atoms with Crippen molar-refractivity contribution >= 4 is 11.8 Å². The quantitative estimate of drug-likeness (QED) is 0.871. The smallest absolute Gasteiger partial charge is 0.382 e. The fourth-order valence-corrected chi connectivity index (χ4v) is 1.27. The molecule has 108 valence electrons. The van der Waals surface area contributed by atoms with E-state index in [1.54, 1.807) is 20.0 Å². The van der Waals surface area contributed by atoms with Gasteiger partial charge in [0.25, 0.3) is 0 Å². The van der Waals surface area contributed by atoms with Crippen LogP contribution in [-0.4, -0.2) is 51.7 Å². The molecule has 1 unspecified atom stereocenters. The summed E-state index contributed by atoms with van der Waals surface area (Å²) in [5, 5.41) is 15.1. The number of halogens is 3. The number of anilines is 1. The monoisotopic (exact) mass is 280 g/mol. The largest absolute Gasteiger partial charge is 0.416 e. The Morgan fingerprint density at radius 1 is 1.63 bits per heavy atom. The van der Waals surface area contributed by atoms with E-state index in [4.69, 9.17) is 5.11 Å². The number of hydrogen-bond donors (Lipinski definition) is 2. The number of urea groups is 1. The molecule has 0 radical (unpaired) electrons. The molecule has 0 saturated heterocycles. The topological polar surface area (TPSA) is 70.4 Å². The molecule has 19 heavy (non-hydrogen) atoms. The van der Waals surface area contributed by atoms with Crippen LogP contribution in [0.1, 0.15) is 5.69 Å². The lowest BCUT2D eigenvalue weighted by atomic mass is 10.3. The van der Waals surface area contributed by atoms with E-state index >= 15 is 0 Å². The zero-order valence-electron chi connectivity index (χ0n) is 10.7. The van der Waals surface area contributed by atoms with Crippen molar-refractivity contribution in [2.24, 2.45) is 7.05 Å². The first-order chi connectivity index (χ1) is 8.61. The maximum Gasteiger partial charge on any atom is 0.416 e. The van der Waals surface area contributed by atoms with Crippen LogP contribution in [0.5, 0.6) is 0 Å². The third kappa shape index (κ3) is 4.12. The standard InChI is InChI=1S/C10H15F3N4O2/c1-6-4-8(15-17(6)3)14-9(19)16(2)5-7(18)10(11,12)13/h4,7,18H,5H2,1-3H3,(H,14,15,19). The van der Waals surface area contributed by atoms with Gasteiger partial charge in [0.05, 0.1) is 6.54 Å². The van der Waals surface area contributed by atoms with Gasteiger partial charge in [0.2, 0.25) is 0 Å². The van der Waals surface area contributed by atoms with Crippen LogP contribution in [0.4, 0.5) is 23.8 Å². The van der Waals surface area contributed by atoms with Crippen LogP contribution in [0.25, 0.3) is 0 Å². The van der Waals surface area contributed by atoms with Crippen LogP contribution in [0.3, 0.4) is 0 Å². The lowest BCUT2D eigenvalue weighted by Crippen LogP contribution is -2.43. The molecule has 1 aromatic rings. The number of likely N-dealkylation sites (N-methyl/N-ethyl adjacent to an activating group) is 1. The molecule has 0 aliphatic heterocycles. The van der Waals surface area contributed by atoms with Crippen LogP contribution in [0, 0.1) is 6.92 Å². The van der Waals surface area contributed by atoms with E-state index in [9.17, 15) is 18.0 Å². The summed E-state index contributed by atoms with van der Waals surface area (Å²) in [5.74, 6) is 0.235. The van der Waals surface area contributed by atoms with Crippen LogP contribution in [-0.2, 0) is 7.05 Å². The van der Waals surface area contributed by atoms with Gasteiger partial charge in [-0.05, 0) is 6.92 Å². The molecule has 0 fully saturated rings. The Morgan fingerprint density at radius 3 is 2.63 bits per heavy atom. The lowest BCUT2D eigenvalue weighted by Gasteiger charge is -2.22. The van der Waals surface area contributed by atoms with Crippen molar-refractivity contribution in [1.82, 2.24) is 14.7 Å². The van der Waals surface area contributed by atoms with Gasteiger partial charge in [0.1, 0.15) is 0 Å². The Labute approximate surface area is 107 Å². The average molecular weight is 280 g/mol. The molecule has 2 amide bonds. The van der Waals surface area contributed by atoms with Gasteiger partial charge in [0, 0.05) is 25.9 Å². The molecule has 9 heteroatoms. The second-order valence-electron chi connectivity index (χ2n) is 4.16. The lowest BCUT2D eigenvalue weighted by molar-refractivity contribution is -0.205. The SMILES string of the molecule is Cc1cc(NC(=O)N(C)CC(O)C(F)(F)F)nn1C. The molecule has 1 aromatic heterocycles. The molecular formula is C10H15F3N4O2. The Bertz CT molecular complexity index is 439. The van der Waals surface area contributed by atoms with E-state index in [1.165, 1.54) is 4.68 Å². The highest BCUT2D eigenvalue weighted by Gasteiger charge is 2.39. The highest BCUT2D eigenvalue weighted by Crippen LogP contribution is 2.20. The van der Waals surface area contributed by atoms with Crippen molar-refractivity contribution in [2.45, 2.75) is 19.2 Å². The molecular weight excluding hydrogens is 265 g/mol. The third-order valence-corrected chi connectivity index (χ3v) is 2.52. The Kier molecular flexibility index (Phi) is 4.40. The fourth-order valence-electron chi connectivity index (χ4n) is 1.27. The number of aliphatic hydroxyl groups is 1. The highest BCUT2D eigenvalue weighted by molar-refractivity contribution is 5.88. The molecule has 0 saturated carbocycles. The molecule has 0 aliphatic carbocycles. The van der Waals surface area contributed by atoms with E-state index in [1.807, 2.05) is 0 Å². The van der Waals surface area contributed by atoms with Crippen molar-refractivity contribution in [3.8, 4) is 0 Å². The number of aromatic nitrogens is 2. The molecule has 2 N–H and O–H groups in total. The summed E-state index contributed by atoms with van der Waals surface area (Å²) in [4.78, 5) is 12.3. The van der Waals surface area contributed by atoms with Gasteiger partial charge in [-0.15, -0.1) is 0 Å². The molecule has 1 rings (SSSR count). The summed E-state index contributed by atoms with van der Waals surface area (Å²) in [6, 6.07) is 0.799. The maximum absolute atomic E-state index is 12.1. The Morgan fingerprint density at radius 2 is 2.21 bits per heavy atom. The van der Waals surface area contributed by atoms with Crippen LogP contribution in [0.2, 0.25) is 0 Å². The number of carbonyl (C=O) groups excluding carboxylic acids is 1. The zero-order chi connectivity index (χ0) is 14.8. The van der Waals surface area contributed by atoms with Crippen LogP contribution in [0.15, 0.2) is 6.07 Å². The number of amides is 2. The number of nitrogens with zero attached hydrogens (tertiary/aromatic N) is 3. The summed E-state index contributed by atoms with van der Waals surface area (Å²) < 4.78 is 37.9. The number of aliphatic hydroxyl groups excluding tert-OH is 1. The third-order valence-electron chi connectivity index (χ3n) is 2.52. The summed E-state index contributed by atoms with van der Waals surface area (Å²) in [6.07, 6.45) is -7.33. The van der Waals surface area contributed by atoms with Gasteiger partial charge in [-0.25, -0.2) is 4.79 Å². The van der Waals surface area contributed by atoms with Crippen LogP contribution < -0.4 is 5.32 Å². The van der Waals surface area contributed by atoms with Crippen molar-refractivity contribution < 1.29 is 23.1 Å². The zero-order valence-corrected chi connectivity index (χ0v) is 10.7. The first kappa shape index (κ1) is 15.3. The van der Waals surface area contributed by atoms with Gasteiger partial charge in [-0.2, -0.15) is 18.3 Å². The minimum absolute atomic E-state index is 0.235. The van der Waals surface area contributed by atoms with Crippen molar-refractivity contribution in [3.05, 3.63) is 11.8 Å². The highest BCUT2D eigenvalue weighted by atomic mass is 19.4. The molecule has 0 spiro atoms. The number of nitrogens with one attached hydrogen (secondary N) is 1. The van der Waals surface area contributed by atoms with Crippen molar-refractivity contribution in [1.29, 1.82) is 0 Å². The number of carbonyl (C=O) groups is 1. The Balaban J connectivity index is 2.58. The maximum atomic E-state index is 12.1. The fraction of sp³-hybridized carbons (Fsp3) is 0.600. The van der Waals surface area contributed by atoms with Gasteiger partial charge in [0.15, 0.2) is 11.9 Å². The number of rotatable bonds is 3. The predicted octanol–water partition coefficient (Wildman–Crippen LogP) is 1.12. The van der Waals surface area contributed by atoms with Gasteiger partial charge < -0.3 is 10.0 Å². The van der Waals surface area contributed by atoms with Crippen molar-refractivity contribution in [3.63, 3.8) is 0 Å². The average Bonchev–Trinajstić information content (AvgIpc) is 2.56. The predicted molar refractivity (Wildman–Crippen MR) is 61.7 cm³/mol. The molecule has 0 bridgehead atoms. The second-order valence-corrected chi connectivity index (χ2v) is 4.16. The normalized spacial score (nSPS) is 13.2. The number of alkyl halides is 3. The second kappa shape index (κ2) is 5.47. The first-order valence-corrected chi connectivity index (χ1v) is 5.39. The van der Waals surface area contributed by atoms with Gasteiger partial charge >= 0.3 is 12.2 Å². The minimum Gasteiger partial charge on any atom is -0.382 e. The Hall–Kier alpha value is -1.77. The van der Waals surface area contributed by atoms with E-state index in [0.29, 0.717) is 0 Å². The first-order valence-electron chi connectivity index (χ1n) is 5.39. The molecule has 1 heterocycles. The number of hydrogen-bond acceptors (Lipinski definition) is 3. The van der Waals surface area contributed by atoms with Crippen LogP contribution >= 0.6 is 0 Å². The number of aryl methyl sites for hydroxylation is 2. The van der Waals surface area contributed by atoms with E-state index in [2.05, 4.69) is 10.4 Å². The molecule has 1 atom stereocenters. The van der Waals surface area contributed by atoms with E-state index in [-0.39, 0.29) is 5.82 Å². The molecule has 6 nitrogen and oxygen atoms in total. The van der Waals surface area contributed by atoms with E-state index in [0.717, 1.165) is 17.6 Å². The minimum atomic E-state index is -4.75. The summed E-state index contributed by atoms with van der Waals surface area (Å²) in [5.41, 5.74) is 0.785. The van der Waals surface area contributed by atoms with E-state index < -0.39 is 24.9 Å². The summed E-state index contributed by atoms with van der Waals surface area (Å²) >= 11 is 0. The molecule has 0 aromatic carbocycles. The molecule has 0 aliphatic rings.